The average Bonchev–Trinajstić information content (AvgIpc) is 3.17. The lowest BCUT2D eigenvalue weighted by Crippen LogP contribution is -2.68. The molecule has 37 heavy (non-hydrogen) atoms. The van der Waals surface area contributed by atoms with E-state index in [4.69, 9.17) is 23.4 Å². The molecule has 9 nitrogen and oxygen atoms in total. The maximum Gasteiger partial charge on any atom is 0.303 e. The van der Waals surface area contributed by atoms with Crippen LogP contribution in [0.5, 0.6) is 0 Å². The summed E-state index contributed by atoms with van der Waals surface area (Å²) >= 11 is 0. The molecule has 0 radical (unpaired) electrons. The molecule has 10 heteroatoms. The quantitative estimate of drug-likeness (QED) is 0.177. The predicted octanol–water partition coefficient (Wildman–Crippen LogP) is 4.05. The van der Waals surface area contributed by atoms with E-state index >= 15 is 0 Å². The number of hydrogen-bond donors (Lipinski definition) is 0. The number of azide groups is 1. The van der Waals surface area contributed by atoms with Gasteiger partial charge in [0.25, 0.3) is 8.32 Å². The Labute approximate surface area is 218 Å². The molecule has 2 aromatic rings. The molecule has 0 spiro atoms. The molecule has 2 aliphatic heterocycles. The fourth-order valence-corrected chi connectivity index (χ4v) is 9.99. The molecule has 2 unspecified atom stereocenters. The number of carbonyl (C=O) groups excluding carboxylic acids is 1. The summed E-state index contributed by atoms with van der Waals surface area (Å²) in [5, 5.41) is 5.82. The molecule has 0 N–H and O–H groups in total. The van der Waals surface area contributed by atoms with Crippen LogP contribution < -0.4 is 10.4 Å². The van der Waals surface area contributed by atoms with Crippen LogP contribution in [0.1, 0.15) is 41.5 Å². The van der Waals surface area contributed by atoms with Gasteiger partial charge in [-0.05, 0) is 34.8 Å². The second-order valence-corrected chi connectivity index (χ2v) is 15.2. The normalized spacial score (nSPS) is 27.1. The Morgan fingerprint density at radius 1 is 1.03 bits per heavy atom. The Bertz CT molecular complexity index is 1090. The standard InChI is InChI=1S/C27H35N3O6Si/c1-18(31)33-24-23-22(35-27(5,6)36-23)21(34-25(24)29-30-28)17-32-37(26(2,3)4,19-13-9-7-10-14-19)20-15-11-8-12-16-20/h7-16,21-25H,17H2,1-6H3/t21?,22-,23-,24?,25+/m0/s1. The van der Waals surface area contributed by atoms with E-state index in [1.54, 1.807) is 13.8 Å². The van der Waals surface area contributed by atoms with Gasteiger partial charge in [0.15, 0.2) is 18.1 Å². The maximum absolute atomic E-state index is 11.8. The van der Waals surface area contributed by atoms with Gasteiger partial charge < -0.3 is 23.4 Å². The topological polar surface area (TPSA) is 112 Å². The Balaban J connectivity index is 1.74. The van der Waals surface area contributed by atoms with Crippen LogP contribution in [0.25, 0.3) is 10.4 Å². The van der Waals surface area contributed by atoms with E-state index in [-0.39, 0.29) is 11.6 Å². The first kappa shape index (κ1) is 27.3. The van der Waals surface area contributed by atoms with Crippen molar-refractivity contribution >= 4 is 24.7 Å². The molecule has 2 aromatic carbocycles. The molecule has 0 aliphatic carbocycles. The summed E-state index contributed by atoms with van der Waals surface area (Å²) in [6.45, 7) is 11.6. The molecular formula is C27H35N3O6Si. The molecule has 2 heterocycles. The minimum atomic E-state index is -2.86. The van der Waals surface area contributed by atoms with Crippen molar-refractivity contribution in [2.24, 2.45) is 5.11 Å². The highest BCUT2D eigenvalue weighted by atomic mass is 28.4. The molecule has 0 saturated carbocycles. The summed E-state index contributed by atoms with van der Waals surface area (Å²) in [6.07, 6.45) is -3.93. The van der Waals surface area contributed by atoms with E-state index in [0.717, 1.165) is 10.4 Å². The zero-order chi connectivity index (χ0) is 26.8. The number of fused-ring (bicyclic) bond motifs is 1. The van der Waals surface area contributed by atoms with E-state index in [1.807, 2.05) is 36.4 Å². The van der Waals surface area contributed by atoms with Crippen LogP contribution in [0.4, 0.5) is 0 Å². The lowest BCUT2D eigenvalue weighted by atomic mass is 9.98. The number of esters is 1. The number of ether oxygens (including phenoxy) is 4. The second-order valence-electron chi connectivity index (χ2n) is 10.9. The Morgan fingerprint density at radius 3 is 2.05 bits per heavy atom. The number of carbonyl (C=O) groups is 1. The van der Waals surface area contributed by atoms with E-state index < -0.39 is 50.7 Å². The summed E-state index contributed by atoms with van der Waals surface area (Å²) in [6, 6.07) is 20.6. The van der Waals surface area contributed by atoms with Crippen LogP contribution in [0.15, 0.2) is 65.8 Å². The van der Waals surface area contributed by atoms with E-state index in [2.05, 4.69) is 55.1 Å². The number of hydrogen-bond acceptors (Lipinski definition) is 7. The molecule has 198 valence electrons. The van der Waals surface area contributed by atoms with E-state index in [0.29, 0.717) is 0 Å². The highest BCUT2D eigenvalue weighted by molar-refractivity contribution is 6.99. The molecule has 5 atom stereocenters. The van der Waals surface area contributed by atoms with Crippen LogP contribution >= 0.6 is 0 Å². The largest absolute Gasteiger partial charge is 0.457 e. The maximum atomic E-state index is 11.8. The minimum Gasteiger partial charge on any atom is -0.457 e. The van der Waals surface area contributed by atoms with Crippen LogP contribution in [-0.4, -0.2) is 57.3 Å². The SMILES string of the molecule is CC(=O)OC1[C@H](N=[N+]=[N-])OC(CO[Si](c2ccccc2)(c2ccccc2)C(C)(C)C)[C@@H]2OC(C)(C)O[C@H]12. The monoisotopic (exact) mass is 525 g/mol. The van der Waals surface area contributed by atoms with Crippen LogP contribution in [0, 0.1) is 0 Å². The van der Waals surface area contributed by atoms with Crippen molar-refractivity contribution in [3.63, 3.8) is 0 Å². The zero-order valence-corrected chi connectivity index (χ0v) is 23.2. The Hall–Kier alpha value is -2.72. The number of nitrogens with zero attached hydrogens (tertiary/aromatic N) is 3. The van der Waals surface area contributed by atoms with Gasteiger partial charge in [-0.1, -0.05) is 86.5 Å². The second kappa shape index (κ2) is 10.6. The lowest BCUT2D eigenvalue weighted by Gasteiger charge is -2.45. The van der Waals surface area contributed by atoms with Gasteiger partial charge in [0.05, 0.1) is 6.61 Å². The summed E-state index contributed by atoms with van der Waals surface area (Å²) in [5.74, 6) is -1.47. The predicted molar refractivity (Wildman–Crippen MR) is 141 cm³/mol. The summed E-state index contributed by atoms with van der Waals surface area (Å²) in [7, 11) is -2.86. The highest BCUT2D eigenvalue weighted by Crippen LogP contribution is 2.41. The van der Waals surface area contributed by atoms with Crippen molar-refractivity contribution in [2.45, 2.75) is 83.0 Å². The van der Waals surface area contributed by atoms with Crippen molar-refractivity contribution in [1.29, 1.82) is 0 Å². The van der Waals surface area contributed by atoms with Crippen molar-refractivity contribution in [2.75, 3.05) is 6.61 Å². The van der Waals surface area contributed by atoms with Crippen LogP contribution in [0.3, 0.4) is 0 Å². The highest BCUT2D eigenvalue weighted by Gasteiger charge is 2.58. The molecule has 0 bridgehead atoms. The van der Waals surface area contributed by atoms with Crippen LogP contribution in [-0.2, 0) is 28.2 Å². The van der Waals surface area contributed by atoms with E-state index in [1.165, 1.54) is 6.92 Å². The molecule has 4 rings (SSSR count). The van der Waals surface area contributed by atoms with Gasteiger partial charge in [0.1, 0.15) is 18.3 Å². The van der Waals surface area contributed by atoms with Gasteiger partial charge in [0.2, 0.25) is 0 Å². The third-order valence-corrected chi connectivity index (χ3v) is 11.8. The number of rotatable bonds is 7. The Kier molecular flexibility index (Phi) is 7.80. The van der Waals surface area contributed by atoms with Gasteiger partial charge in [-0.25, -0.2) is 0 Å². The first-order valence-electron chi connectivity index (χ1n) is 12.5. The molecule has 2 aliphatic rings. The smallest absolute Gasteiger partial charge is 0.303 e. The third kappa shape index (κ3) is 5.45. The fraction of sp³-hybridized carbons (Fsp3) is 0.519. The first-order chi connectivity index (χ1) is 17.5. The van der Waals surface area contributed by atoms with Crippen molar-refractivity contribution < 1.29 is 28.2 Å². The van der Waals surface area contributed by atoms with Crippen molar-refractivity contribution in [3.8, 4) is 0 Å². The molecule has 0 aromatic heterocycles. The Morgan fingerprint density at radius 2 is 1.57 bits per heavy atom. The molecular weight excluding hydrogens is 490 g/mol. The van der Waals surface area contributed by atoms with Crippen LogP contribution in [0.2, 0.25) is 5.04 Å². The molecule has 0 amide bonds. The molecule has 2 fully saturated rings. The fourth-order valence-electron chi connectivity index (χ4n) is 5.42. The van der Waals surface area contributed by atoms with Gasteiger partial charge in [-0.2, -0.15) is 0 Å². The molecule has 2 saturated heterocycles. The lowest BCUT2D eigenvalue weighted by molar-refractivity contribution is -0.209. The van der Waals surface area contributed by atoms with E-state index in [9.17, 15) is 10.3 Å². The zero-order valence-electron chi connectivity index (χ0n) is 22.2. The minimum absolute atomic E-state index is 0.165. The van der Waals surface area contributed by atoms with Gasteiger partial charge in [0, 0.05) is 11.8 Å². The van der Waals surface area contributed by atoms with Gasteiger partial charge >= 0.3 is 5.97 Å². The third-order valence-electron chi connectivity index (χ3n) is 6.80. The average molecular weight is 526 g/mol. The number of benzene rings is 2. The first-order valence-corrected chi connectivity index (χ1v) is 14.4. The van der Waals surface area contributed by atoms with Gasteiger partial charge in [-0.15, -0.1) is 0 Å². The summed E-state index contributed by atoms with van der Waals surface area (Å²) in [4.78, 5) is 14.8. The van der Waals surface area contributed by atoms with Crippen molar-refractivity contribution in [1.82, 2.24) is 0 Å². The summed E-state index contributed by atoms with van der Waals surface area (Å²) < 4.78 is 31.1. The summed E-state index contributed by atoms with van der Waals surface area (Å²) in [5.41, 5.74) is 9.20. The van der Waals surface area contributed by atoms with Crippen molar-refractivity contribution in [3.05, 3.63) is 71.1 Å². The van der Waals surface area contributed by atoms with Gasteiger partial charge in [-0.3, -0.25) is 4.79 Å².